The molecule has 0 aliphatic carbocycles. The van der Waals surface area contributed by atoms with Crippen molar-refractivity contribution in [1.29, 1.82) is 0 Å². The van der Waals surface area contributed by atoms with Gasteiger partial charge in [-0.3, -0.25) is 19.7 Å². The summed E-state index contributed by atoms with van der Waals surface area (Å²) in [5.74, 6) is 4.90. The third-order valence-corrected chi connectivity index (χ3v) is 5.52. The highest BCUT2D eigenvalue weighted by molar-refractivity contribution is 6.05. The van der Waals surface area contributed by atoms with Crippen LogP contribution in [0.1, 0.15) is 48.2 Å². The second-order valence-electron chi connectivity index (χ2n) is 8.83. The van der Waals surface area contributed by atoms with E-state index in [9.17, 15) is 19.2 Å². The van der Waals surface area contributed by atoms with Crippen molar-refractivity contribution in [1.82, 2.24) is 10.2 Å². The predicted molar refractivity (Wildman–Crippen MR) is 128 cm³/mol. The normalized spacial score (nSPS) is 17.0. The average molecular weight is 501 g/mol. The summed E-state index contributed by atoms with van der Waals surface area (Å²) >= 11 is 0. The molecule has 0 radical (unpaired) electrons. The Balaban J connectivity index is 1.34. The third kappa shape index (κ3) is 7.88. The maximum absolute atomic E-state index is 12.8. The van der Waals surface area contributed by atoms with Crippen molar-refractivity contribution < 1.29 is 38.1 Å². The summed E-state index contributed by atoms with van der Waals surface area (Å²) in [6, 6.07) is 4.65. The van der Waals surface area contributed by atoms with Crippen molar-refractivity contribution in [3.05, 3.63) is 34.9 Å². The first kappa shape index (κ1) is 27.3. The molecular formula is C26H32N2O8. The lowest BCUT2D eigenvalue weighted by Gasteiger charge is -2.29. The summed E-state index contributed by atoms with van der Waals surface area (Å²) in [6.07, 6.45) is 0.530. The molecule has 0 bridgehead atoms. The molecular weight excluding hydrogens is 468 g/mol. The van der Waals surface area contributed by atoms with Gasteiger partial charge in [-0.2, -0.15) is 0 Å². The van der Waals surface area contributed by atoms with E-state index in [0.717, 1.165) is 5.56 Å². The molecule has 194 valence electrons. The highest BCUT2D eigenvalue weighted by Crippen LogP contribution is 2.29. The Labute approximate surface area is 210 Å². The van der Waals surface area contributed by atoms with Crippen molar-refractivity contribution >= 4 is 23.7 Å². The quantitative estimate of drug-likeness (QED) is 0.196. The number of nitrogens with zero attached hydrogens (tertiary/aromatic N) is 1. The number of carbonyl (C=O) groups is 4. The smallest absolute Gasteiger partial charge is 0.332 e. The van der Waals surface area contributed by atoms with Crippen molar-refractivity contribution in [2.75, 3.05) is 46.2 Å². The number of rotatable bonds is 12. The molecule has 2 heterocycles. The lowest BCUT2D eigenvalue weighted by Crippen LogP contribution is -2.52. The first-order chi connectivity index (χ1) is 17.4. The fraction of sp³-hybridized carbons (Fsp3) is 0.538. The Bertz CT molecular complexity index is 1030. The SMILES string of the molecule is CC(C)COC(=O)COCCOCCOCC#Cc1cccc2c1CN(C1CCC(=O)NC1=O)C2=O. The fourth-order valence-electron chi connectivity index (χ4n) is 3.75. The molecule has 10 nitrogen and oxygen atoms in total. The van der Waals surface area contributed by atoms with Gasteiger partial charge in [0.1, 0.15) is 19.3 Å². The van der Waals surface area contributed by atoms with Crippen LogP contribution >= 0.6 is 0 Å². The minimum Gasteiger partial charge on any atom is -0.464 e. The van der Waals surface area contributed by atoms with Crippen molar-refractivity contribution in [2.45, 2.75) is 39.3 Å². The number of fused-ring (bicyclic) bond motifs is 1. The Morgan fingerprint density at radius 1 is 1.11 bits per heavy atom. The molecule has 36 heavy (non-hydrogen) atoms. The molecule has 1 saturated heterocycles. The molecule has 1 fully saturated rings. The summed E-state index contributed by atoms with van der Waals surface area (Å²) in [7, 11) is 0. The minimum absolute atomic E-state index is 0.0950. The third-order valence-electron chi connectivity index (χ3n) is 5.52. The zero-order valence-electron chi connectivity index (χ0n) is 20.7. The van der Waals surface area contributed by atoms with E-state index in [-0.39, 0.29) is 56.5 Å². The standard InChI is InChI=1S/C26H32N2O8/c1-18(2)16-36-24(30)17-35-14-13-34-12-11-33-10-4-6-19-5-3-7-20-21(19)15-28(26(20)32)22-8-9-23(29)27-25(22)31/h3,5,7,18,22H,8-17H2,1-2H3,(H,27,29,31). The summed E-state index contributed by atoms with van der Waals surface area (Å²) < 4.78 is 21.0. The summed E-state index contributed by atoms with van der Waals surface area (Å²) in [5, 5.41) is 2.30. The number of hydrogen-bond donors (Lipinski definition) is 1. The van der Waals surface area contributed by atoms with E-state index < -0.39 is 11.9 Å². The molecule has 0 aromatic heterocycles. The predicted octanol–water partition coefficient (Wildman–Crippen LogP) is 1.05. The van der Waals surface area contributed by atoms with Crippen molar-refractivity contribution in [3.63, 3.8) is 0 Å². The number of hydrogen-bond acceptors (Lipinski definition) is 8. The van der Waals surface area contributed by atoms with Crippen molar-refractivity contribution in [2.24, 2.45) is 5.92 Å². The van der Waals surface area contributed by atoms with Crippen LogP contribution < -0.4 is 5.32 Å². The van der Waals surface area contributed by atoms with Gasteiger partial charge in [-0.25, -0.2) is 4.79 Å². The van der Waals surface area contributed by atoms with E-state index in [2.05, 4.69) is 17.2 Å². The van der Waals surface area contributed by atoms with Gasteiger partial charge in [0.25, 0.3) is 5.91 Å². The fourth-order valence-corrected chi connectivity index (χ4v) is 3.75. The van der Waals surface area contributed by atoms with Crippen LogP contribution in [-0.4, -0.2) is 80.9 Å². The van der Waals surface area contributed by atoms with E-state index in [1.54, 1.807) is 12.1 Å². The Kier molecular flexibility index (Phi) is 10.4. The molecule has 10 heteroatoms. The maximum atomic E-state index is 12.8. The van der Waals surface area contributed by atoms with Gasteiger partial charge >= 0.3 is 5.97 Å². The van der Waals surface area contributed by atoms with E-state index >= 15 is 0 Å². The van der Waals surface area contributed by atoms with E-state index in [1.807, 2.05) is 19.9 Å². The number of benzene rings is 1. The van der Waals surface area contributed by atoms with Gasteiger partial charge in [-0.1, -0.05) is 31.8 Å². The molecule has 1 aromatic rings. The van der Waals surface area contributed by atoms with Crippen LogP contribution in [0.25, 0.3) is 0 Å². The van der Waals surface area contributed by atoms with Gasteiger partial charge in [0.05, 0.1) is 33.0 Å². The summed E-state index contributed by atoms with van der Waals surface area (Å²) in [6.45, 7) is 6.00. The first-order valence-electron chi connectivity index (χ1n) is 12.0. The van der Waals surface area contributed by atoms with Crippen molar-refractivity contribution in [3.8, 4) is 11.8 Å². The van der Waals surface area contributed by atoms with Gasteiger partial charge in [0, 0.05) is 24.1 Å². The number of piperidine rings is 1. The molecule has 0 spiro atoms. The molecule has 2 aliphatic rings. The average Bonchev–Trinajstić information content (AvgIpc) is 3.18. The molecule has 1 N–H and O–H groups in total. The van der Waals surface area contributed by atoms with Gasteiger partial charge in [0.2, 0.25) is 11.8 Å². The number of imide groups is 1. The molecule has 2 aliphatic heterocycles. The molecule has 1 unspecified atom stereocenters. The Morgan fingerprint density at radius 2 is 1.86 bits per heavy atom. The molecule has 3 rings (SSSR count). The number of amides is 3. The summed E-state index contributed by atoms with van der Waals surface area (Å²) in [5.41, 5.74) is 2.01. The highest BCUT2D eigenvalue weighted by Gasteiger charge is 2.39. The number of ether oxygens (including phenoxy) is 4. The van der Waals surface area contributed by atoms with Crippen LogP contribution in [0.5, 0.6) is 0 Å². The van der Waals surface area contributed by atoms with Gasteiger partial charge < -0.3 is 23.8 Å². The van der Waals surface area contributed by atoms with Crippen LogP contribution in [0, 0.1) is 17.8 Å². The second kappa shape index (κ2) is 13.7. The van der Waals surface area contributed by atoms with E-state index in [4.69, 9.17) is 18.9 Å². The van der Waals surface area contributed by atoms with Gasteiger partial charge in [-0.15, -0.1) is 0 Å². The number of carbonyl (C=O) groups excluding carboxylic acids is 4. The van der Waals surface area contributed by atoms with Gasteiger partial charge in [-0.05, 0) is 30.0 Å². The van der Waals surface area contributed by atoms with Gasteiger partial charge in [0.15, 0.2) is 0 Å². The molecule has 1 aromatic carbocycles. The van der Waals surface area contributed by atoms with Crippen LogP contribution in [0.2, 0.25) is 0 Å². The van der Waals surface area contributed by atoms with E-state index in [1.165, 1.54) is 4.90 Å². The van der Waals surface area contributed by atoms with Crippen LogP contribution in [-0.2, 0) is 39.9 Å². The zero-order valence-corrected chi connectivity index (χ0v) is 20.7. The lowest BCUT2D eigenvalue weighted by atomic mass is 10.0. The van der Waals surface area contributed by atoms with Crippen LogP contribution in [0.4, 0.5) is 0 Å². The Morgan fingerprint density at radius 3 is 2.61 bits per heavy atom. The largest absolute Gasteiger partial charge is 0.464 e. The molecule has 3 amide bonds. The monoisotopic (exact) mass is 500 g/mol. The Hall–Kier alpha value is -3.26. The molecule has 0 saturated carbocycles. The molecule has 1 atom stereocenters. The lowest BCUT2D eigenvalue weighted by molar-refractivity contribution is -0.150. The number of esters is 1. The van der Waals surface area contributed by atoms with Crippen LogP contribution in [0.15, 0.2) is 18.2 Å². The van der Waals surface area contributed by atoms with Crippen LogP contribution in [0.3, 0.4) is 0 Å². The van der Waals surface area contributed by atoms with E-state index in [0.29, 0.717) is 44.0 Å². The maximum Gasteiger partial charge on any atom is 0.332 e. The summed E-state index contributed by atoms with van der Waals surface area (Å²) in [4.78, 5) is 49.4. The second-order valence-corrected chi connectivity index (χ2v) is 8.83. The highest BCUT2D eigenvalue weighted by atomic mass is 16.6. The number of nitrogens with one attached hydrogen (secondary N) is 1. The first-order valence-corrected chi connectivity index (χ1v) is 12.0. The minimum atomic E-state index is -0.657. The topological polar surface area (TPSA) is 120 Å². The zero-order chi connectivity index (χ0) is 25.9.